The maximum Gasteiger partial charge on any atom is 0.223 e. The Hall–Kier alpha value is -1.29. The van der Waals surface area contributed by atoms with Gasteiger partial charge in [-0.15, -0.1) is 0 Å². The highest BCUT2D eigenvalue weighted by atomic mass is 16.8. The molecule has 3 saturated heterocycles. The molecule has 10 N–H and O–H groups in total. The number of rotatable bonds is 9. The second-order valence-corrected chi connectivity index (χ2v) is 8.64. The molecule has 208 valence electrons. The Bertz CT molecular complexity index is 774. The van der Waals surface area contributed by atoms with Gasteiger partial charge in [-0.05, 0) is 5.53 Å². The normalized spacial score (nSPS) is 49.6. The molecule has 3 heterocycles. The van der Waals surface area contributed by atoms with Crippen molar-refractivity contribution in [3.63, 3.8) is 0 Å². The molecule has 0 aromatic carbocycles. The van der Waals surface area contributed by atoms with E-state index >= 15 is 0 Å². The zero-order valence-corrected chi connectivity index (χ0v) is 18.7. The lowest BCUT2D eigenvalue weighted by atomic mass is 9.98. The number of azide groups is 1. The average molecular weight is 529 g/mol. The van der Waals surface area contributed by atoms with Crippen molar-refractivity contribution in [3.05, 3.63) is 10.4 Å². The van der Waals surface area contributed by atoms with Gasteiger partial charge in [-0.25, -0.2) is 0 Å². The number of aliphatic hydroxyl groups excluding tert-OH is 10. The van der Waals surface area contributed by atoms with Crippen LogP contribution in [0.25, 0.3) is 10.4 Å². The minimum Gasteiger partial charge on any atom is -0.394 e. The number of hydrogen-bond acceptors (Lipinski definition) is 16. The average Bonchev–Trinajstić information content (AvgIpc) is 3.11. The summed E-state index contributed by atoms with van der Waals surface area (Å²) in [7, 11) is 0. The maximum atomic E-state index is 10.4. The molecule has 0 unspecified atom stereocenters. The molecule has 0 saturated carbocycles. The van der Waals surface area contributed by atoms with E-state index in [2.05, 4.69) is 10.0 Å². The van der Waals surface area contributed by atoms with Crippen molar-refractivity contribution < 1.29 is 74.7 Å². The van der Waals surface area contributed by atoms with Gasteiger partial charge in [0.2, 0.25) is 5.79 Å². The van der Waals surface area contributed by atoms with Gasteiger partial charge in [0.1, 0.15) is 67.6 Å². The predicted molar refractivity (Wildman–Crippen MR) is 108 cm³/mol. The van der Waals surface area contributed by atoms with Crippen molar-refractivity contribution in [3.8, 4) is 0 Å². The van der Waals surface area contributed by atoms with E-state index in [0.717, 1.165) is 0 Å². The fourth-order valence-corrected chi connectivity index (χ4v) is 4.13. The summed E-state index contributed by atoms with van der Waals surface area (Å²) in [5, 5.41) is 104. The second-order valence-electron chi connectivity index (χ2n) is 8.64. The smallest absolute Gasteiger partial charge is 0.223 e. The molecule has 3 aliphatic heterocycles. The Labute approximate surface area is 203 Å². The summed E-state index contributed by atoms with van der Waals surface area (Å²) < 4.78 is 26.7. The van der Waals surface area contributed by atoms with Gasteiger partial charge in [0.25, 0.3) is 0 Å². The van der Waals surface area contributed by atoms with Gasteiger partial charge in [-0.2, -0.15) is 0 Å². The molecule has 0 aromatic heterocycles. The molecule has 0 amide bonds. The van der Waals surface area contributed by atoms with E-state index in [1.54, 1.807) is 0 Å². The Balaban J connectivity index is 1.70. The first-order chi connectivity index (χ1) is 17.0. The van der Waals surface area contributed by atoms with E-state index in [4.69, 9.17) is 29.2 Å². The lowest BCUT2D eigenvalue weighted by molar-refractivity contribution is -0.387. The van der Waals surface area contributed by atoms with Crippen LogP contribution in [-0.4, -0.2) is 163 Å². The third-order valence-corrected chi connectivity index (χ3v) is 6.31. The van der Waals surface area contributed by atoms with Crippen molar-refractivity contribution in [2.75, 3.05) is 26.4 Å². The van der Waals surface area contributed by atoms with E-state index in [0.29, 0.717) is 0 Å². The Kier molecular flexibility index (Phi) is 9.80. The van der Waals surface area contributed by atoms with E-state index < -0.39 is 112 Å². The Morgan fingerprint density at radius 3 is 1.92 bits per heavy atom. The van der Waals surface area contributed by atoms with Crippen LogP contribution in [0.15, 0.2) is 5.11 Å². The summed E-state index contributed by atoms with van der Waals surface area (Å²) in [6, 6.07) is 0. The molecule has 0 radical (unpaired) electrons. The molecule has 0 bridgehead atoms. The van der Waals surface area contributed by atoms with Gasteiger partial charge >= 0.3 is 0 Å². The molecule has 3 rings (SSSR count). The van der Waals surface area contributed by atoms with Crippen LogP contribution in [0.3, 0.4) is 0 Å². The second kappa shape index (κ2) is 12.0. The van der Waals surface area contributed by atoms with Crippen LogP contribution >= 0.6 is 0 Å². The van der Waals surface area contributed by atoms with Crippen molar-refractivity contribution >= 4 is 0 Å². The molecule has 0 spiro atoms. The molecule has 18 nitrogen and oxygen atoms in total. The molecule has 3 fully saturated rings. The summed E-state index contributed by atoms with van der Waals surface area (Å²) in [6.45, 7) is -2.88. The van der Waals surface area contributed by atoms with E-state index in [9.17, 15) is 51.1 Å². The standard InChI is InChI=1S/C18H31N3O15/c19-21-20-1-5-10(26)15(31)18(4-23,35-5)36-17-14(30)12(28)9(25)7(34-17)3-32-16-13(29)11(27)8(24)6(2-22)33-16/h5-17,22-31H,1-4H2/t5-,6-,7-,8+,9-,10-,11+,12+,13-,14-,15+,16+,17-,18+/m1/s1. The number of nitrogens with zero attached hydrogens (tertiary/aromatic N) is 3. The fraction of sp³-hybridized carbons (Fsp3) is 1.00. The van der Waals surface area contributed by atoms with Crippen LogP contribution < -0.4 is 0 Å². The highest BCUT2D eigenvalue weighted by Gasteiger charge is 2.58. The van der Waals surface area contributed by atoms with Crippen molar-refractivity contribution in [1.82, 2.24) is 0 Å². The molecule has 14 atom stereocenters. The monoisotopic (exact) mass is 529 g/mol. The van der Waals surface area contributed by atoms with E-state index in [-0.39, 0.29) is 0 Å². The molecule has 0 aliphatic carbocycles. The lowest BCUT2D eigenvalue weighted by Crippen LogP contribution is -2.63. The summed E-state index contributed by atoms with van der Waals surface area (Å²) in [6.07, 6.45) is -21.9. The van der Waals surface area contributed by atoms with Crippen LogP contribution in [0, 0.1) is 0 Å². The maximum absolute atomic E-state index is 10.4. The first-order valence-electron chi connectivity index (χ1n) is 11.0. The van der Waals surface area contributed by atoms with E-state index in [1.165, 1.54) is 0 Å². The Morgan fingerprint density at radius 1 is 0.750 bits per heavy atom. The van der Waals surface area contributed by atoms with Crippen LogP contribution in [0.4, 0.5) is 0 Å². The summed E-state index contributed by atoms with van der Waals surface area (Å²) in [4.78, 5) is 2.51. The third-order valence-electron chi connectivity index (χ3n) is 6.31. The summed E-state index contributed by atoms with van der Waals surface area (Å²) in [5.74, 6) is -2.38. The third kappa shape index (κ3) is 5.59. The Morgan fingerprint density at radius 2 is 1.33 bits per heavy atom. The van der Waals surface area contributed by atoms with E-state index in [1.807, 2.05) is 0 Å². The van der Waals surface area contributed by atoms with Crippen LogP contribution in [0.1, 0.15) is 0 Å². The fourth-order valence-electron chi connectivity index (χ4n) is 4.13. The SMILES string of the molecule is [N-]=[N+]=NC[C@H]1O[C@@](CO)(O[C@H]2O[C@H](CO[C@H]3O[C@H](CO)[C@H](O)[C@H](O)[C@H]3O)[C@@H](O)[C@H](O)[C@H]2O)[C@@H](O)[C@@H]1O. The van der Waals surface area contributed by atoms with Gasteiger partial charge in [0, 0.05) is 4.91 Å². The van der Waals surface area contributed by atoms with Crippen LogP contribution in [0.5, 0.6) is 0 Å². The number of ether oxygens (including phenoxy) is 5. The van der Waals surface area contributed by atoms with Crippen molar-refractivity contribution in [2.45, 2.75) is 85.5 Å². The summed E-state index contributed by atoms with van der Waals surface area (Å²) >= 11 is 0. The first kappa shape index (κ1) is 29.3. The van der Waals surface area contributed by atoms with Gasteiger partial charge in [0.15, 0.2) is 12.6 Å². The van der Waals surface area contributed by atoms with Crippen LogP contribution in [0.2, 0.25) is 0 Å². The quantitative estimate of drug-likeness (QED) is 0.0754. The first-order valence-corrected chi connectivity index (χ1v) is 11.0. The molecule has 3 aliphatic rings. The van der Waals surface area contributed by atoms with Gasteiger partial charge in [0.05, 0.1) is 25.9 Å². The molecule has 0 aromatic rings. The predicted octanol–water partition coefficient (Wildman–Crippen LogP) is -6.25. The molecular weight excluding hydrogens is 498 g/mol. The topological polar surface area (TPSA) is 297 Å². The zero-order chi connectivity index (χ0) is 26.8. The number of aliphatic hydroxyl groups is 10. The molecular formula is C18H31N3O15. The summed E-state index contributed by atoms with van der Waals surface area (Å²) in [5.41, 5.74) is 8.46. The van der Waals surface area contributed by atoms with Gasteiger partial charge in [-0.1, -0.05) is 5.11 Å². The van der Waals surface area contributed by atoms with Crippen molar-refractivity contribution in [2.24, 2.45) is 5.11 Å². The number of hydrogen-bond donors (Lipinski definition) is 10. The van der Waals surface area contributed by atoms with Crippen LogP contribution in [-0.2, 0) is 23.7 Å². The highest BCUT2D eigenvalue weighted by Crippen LogP contribution is 2.36. The minimum atomic E-state index is -2.38. The zero-order valence-electron chi connectivity index (χ0n) is 18.7. The van der Waals surface area contributed by atoms with Gasteiger partial charge in [-0.3, -0.25) is 0 Å². The molecule has 18 heteroatoms. The van der Waals surface area contributed by atoms with Gasteiger partial charge < -0.3 is 74.7 Å². The van der Waals surface area contributed by atoms with Crippen molar-refractivity contribution in [1.29, 1.82) is 0 Å². The highest BCUT2D eigenvalue weighted by molar-refractivity contribution is 4.99. The largest absolute Gasteiger partial charge is 0.394 e. The lowest BCUT2D eigenvalue weighted by Gasteiger charge is -2.44. The molecule has 36 heavy (non-hydrogen) atoms. The minimum absolute atomic E-state index is 0.440.